The third-order valence-electron chi connectivity index (χ3n) is 3.09. The van der Waals surface area contributed by atoms with Crippen molar-refractivity contribution < 1.29 is 9.53 Å². The Morgan fingerprint density at radius 1 is 1.39 bits per heavy atom. The number of carbonyl (C=O) groups is 1. The number of hydrogen-bond donors (Lipinski definition) is 1. The van der Waals surface area contributed by atoms with Crippen molar-refractivity contribution >= 4 is 5.97 Å². The minimum Gasteiger partial charge on any atom is -0.466 e. The van der Waals surface area contributed by atoms with Gasteiger partial charge < -0.3 is 10.1 Å². The lowest BCUT2D eigenvalue weighted by Gasteiger charge is -2.17. The minimum atomic E-state index is -0.137. The molecule has 0 amide bonds. The molecule has 0 aliphatic carbocycles. The lowest BCUT2D eigenvalue weighted by molar-refractivity contribution is -0.143. The van der Waals surface area contributed by atoms with Gasteiger partial charge in [0, 0.05) is 6.04 Å². The summed E-state index contributed by atoms with van der Waals surface area (Å²) in [7, 11) is 1.88. The standard InChI is InChI=1S/C15H23NO2/c1-5-18-15(17)10-14(16-4)9-13-7-6-11(2)8-12(13)3/h6-8,14,16H,5,9-10H2,1-4H3. The predicted molar refractivity (Wildman–Crippen MR) is 73.7 cm³/mol. The zero-order valence-electron chi connectivity index (χ0n) is 11.7. The van der Waals surface area contributed by atoms with Gasteiger partial charge in [0.1, 0.15) is 0 Å². The summed E-state index contributed by atoms with van der Waals surface area (Å²) in [4.78, 5) is 11.5. The van der Waals surface area contributed by atoms with Gasteiger partial charge in [-0.15, -0.1) is 0 Å². The second-order valence-corrected chi connectivity index (χ2v) is 4.63. The first kappa shape index (κ1) is 14.7. The molecule has 0 radical (unpaired) electrons. The molecular weight excluding hydrogens is 226 g/mol. The Kier molecular flexibility index (Phi) is 5.86. The molecular formula is C15H23NO2. The first-order valence-electron chi connectivity index (χ1n) is 6.45. The van der Waals surface area contributed by atoms with Crippen molar-refractivity contribution in [3.63, 3.8) is 0 Å². The SMILES string of the molecule is CCOC(=O)CC(Cc1ccc(C)cc1C)NC. The van der Waals surface area contributed by atoms with E-state index >= 15 is 0 Å². The van der Waals surface area contributed by atoms with Gasteiger partial charge in [0.15, 0.2) is 0 Å². The number of benzene rings is 1. The Labute approximate surface area is 110 Å². The maximum atomic E-state index is 11.5. The molecule has 100 valence electrons. The lowest BCUT2D eigenvalue weighted by atomic mass is 9.98. The van der Waals surface area contributed by atoms with Gasteiger partial charge in [-0.05, 0) is 45.4 Å². The van der Waals surface area contributed by atoms with E-state index in [4.69, 9.17) is 4.74 Å². The van der Waals surface area contributed by atoms with E-state index in [1.54, 1.807) is 0 Å². The van der Waals surface area contributed by atoms with Crippen molar-refractivity contribution in [3.8, 4) is 0 Å². The molecule has 1 N–H and O–H groups in total. The maximum absolute atomic E-state index is 11.5. The van der Waals surface area contributed by atoms with E-state index in [1.165, 1.54) is 16.7 Å². The van der Waals surface area contributed by atoms with E-state index in [-0.39, 0.29) is 12.0 Å². The number of carbonyl (C=O) groups excluding carboxylic acids is 1. The van der Waals surface area contributed by atoms with Gasteiger partial charge >= 0.3 is 5.97 Å². The lowest BCUT2D eigenvalue weighted by Crippen LogP contribution is -2.31. The molecule has 0 saturated heterocycles. The average molecular weight is 249 g/mol. The van der Waals surface area contributed by atoms with Crippen molar-refractivity contribution in [2.75, 3.05) is 13.7 Å². The second kappa shape index (κ2) is 7.17. The predicted octanol–water partition coefficient (Wildman–Crippen LogP) is 2.39. The Morgan fingerprint density at radius 3 is 2.67 bits per heavy atom. The zero-order valence-corrected chi connectivity index (χ0v) is 11.7. The monoisotopic (exact) mass is 249 g/mol. The van der Waals surface area contributed by atoms with E-state index in [0.29, 0.717) is 13.0 Å². The number of nitrogens with one attached hydrogen (secondary N) is 1. The zero-order chi connectivity index (χ0) is 13.5. The summed E-state index contributed by atoms with van der Waals surface area (Å²) in [5, 5.41) is 3.18. The fourth-order valence-corrected chi connectivity index (χ4v) is 2.04. The molecule has 1 unspecified atom stereocenters. The molecule has 1 aromatic rings. The molecule has 1 atom stereocenters. The topological polar surface area (TPSA) is 38.3 Å². The van der Waals surface area contributed by atoms with Crippen LogP contribution in [-0.2, 0) is 16.0 Å². The third-order valence-corrected chi connectivity index (χ3v) is 3.09. The summed E-state index contributed by atoms with van der Waals surface area (Å²) < 4.78 is 4.98. The normalized spacial score (nSPS) is 12.2. The highest BCUT2D eigenvalue weighted by atomic mass is 16.5. The molecule has 0 fully saturated rings. The maximum Gasteiger partial charge on any atom is 0.307 e. The quantitative estimate of drug-likeness (QED) is 0.787. The minimum absolute atomic E-state index is 0.130. The van der Waals surface area contributed by atoms with E-state index in [9.17, 15) is 4.79 Å². The van der Waals surface area contributed by atoms with Crippen molar-refractivity contribution in [1.82, 2.24) is 5.32 Å². The summed E-state index contributed by atoms with van der Waals surface area (Å²) in [6.45, 7) is 6.47. The number of hydrogen-bond acceptors (Lipinski definition) is 3. The molecule has 0 bridgehead atoms. The highest BCUT2D eigenvalue weighted by Crippen LogP contribution is 2.14. The highest BCUT2D eigenvalue weighted by Gasteiger charge is 2.14. The smallest absolute Gasteiger partial charge is 0.307 e. The van der Waals surface area contributed by atoms with Crippen LogP contribution >= 0.6 is 0 Å². The van der Waals surface area contributed by atoms with Crippen LogP contribution in [0.2, 0.25) is 0 Å². The third kappa shape index (κ3) is 4.49. The summed E-state index contributed by atoms with van der Waals surface area (Å²) >= 11 is 0. The van der Waals surface area contributed by atoms with Crippen LogP contribution in [0, 0.1) is 13.8 Å². The van der Waals surface area contributed by atoms with Crippen molar-refractivity contribution in [2.24, 2.45) is 0 Å². The number of rotatable bonds is 6. The molecule has 0 aliphatic heterocycles. The van der Waals surface area contributed by atoms with Crippen LogP contribution in [-0.4, -0.2) is 25.7 Å². The van der Waals surface area contributed by atoms with Crippen LogP contribution in [0.1, 0.15) is 30.0 Å². The fraction of sp³-hybridized carbons (Fsp3) is 0.533. The molecule has 0 heterocycles. The number of ether oxygens (including phenoxy) is 1. The summed E-state index contributed by atoms with van der Waals surface area (Å²) in [6, 6.07) is 6.55. The van der Waals surface area contributed by atoms with Crippen LogP contribution in [0.4, 0.5) is 0 Å². The van der Waals surface area contributed by atoms with Gasteiger partial charge in [0.25, 0.3) is 0 Å². The molecule has 0 spiro atoms. The van der Waals surface area contributed by atoms with Crippen LogP contribution in [0.3, 0.4) is 0 Å². The molecule has 18 heavy (non-hydrogen) atoms. The van der Waals surface area contributed by atoms with Gasteiger partial charge in [-0.3, -0.25) is 4.79 Å². The summed E-state index contributed by atoms with van der Waals surface area (Å²) in [5.41, 5.74) is 3.83. The second-order valence-electron chi connectivity index (χ2n) is 4.63. The average Bonchev–Trinajstić information content (AvgIpc) is 2.31. The Bertz CT molecular complexity index is 401. The molecule has 1 aromatic carbocycles. The van der Waals surface area contributed by atoms with E-state index in [1.807, 2.05) is 14.0 Å². The van der Waals surface area contributed by atoms with Crippen LogP contribution in [0.25, 0.3) is 0 Å². The largest absolute Gasteiger partial charge is 0.466 e. The van der Waals surface area contributed by atoms with Gasteiger partial charge in [-0.2, -0.15) is 0 Å². The van der Waals surface area contributed by atoms with E-state index in [2.05, 4.69) is 37.4 Å². The van der Waals surface area contributed by atoms with Crippen LogP contribution in [0.15, 0.2) is 18.2 Å². The molecule has 0 saturated carbocycles. The van der Waals surface area contributed by atoms with Gasteiger partial charge in [-0.25, -0.2) is 0 Å². The van der Waals surface area contributed by atoms with Gasteiger partial charge in [-0.1, -0.05) is 23.8 Å². The molecule has 0 aromatic heterocycles. The van der Waals surface area contributed by atoms with Crippen molar-refractivity contribution in [3.05, 3.63) is 34.9 Å². The molecule has 3 nitrogen and oxygen atoms in total. The summed E-state index contributed by atoms with van der Waals surface area (Å²) in [5.74, 6) is -0.137. The Balaban J connectivity index is 2.65. The number of aryl methyl sites for hydroxylation is 2. The molecule has 1 rings (SSSR count). The number of esters is 1. The van der Waals surface area contributed by atoms with Crippen molar-refractivity contribution in [2.45, 2.75) is 39.7 Å². The van der Waals surface area contributed by atoms with Gasteiger partial charge in [0.2, 0.25) is 0 Å². The van der Waals surface area contributed by atoms with E-state index in [0.717, 1.165) is 6.42 Å². The highest BCUT2D eigenvalue weighted by molar-refractivity contribution is 5.70. The van der Waals surface area contributed by atoms with Crippen LogP contribution < -0.4 is 5.32 Å². The molecule has 3 heteroatoms. The van der Waals surface area contributed by atoms with Crippen molar-refractivity contribution in [1.29, 1.82) is 0 Å². The Hall–Kier alpha value is -1.35. The summed E-state index contributed by atoms with van der Waals surface area (Å²) in [6.07, 6.45) is 1.26. The fourth-order valence-electron chi connectivity index (χ4n) is 2.04. The Morgan fingerprint density at radius 2 is 2.11 bits per heavy atom. The number of likely N-dealkylation sites (N-methyl/N-ethyl adjacent to an activating group) is 1. The molecule has 0 aliphatic rings. The van der Waals surface area contributed by atoms with Gasteiger partial charge in [0.05, 0.1) is 13.0 Å². The first-order valence-corrected chi connectivity index (χ1v) is 6.45. The first-order chi connectivity index (χ1) is 8.56. The van der Waals surface area contributed by atoms with E-state index < -0.39 is 0 Å². The van der Waals surface area contributed by atoms with Crippen LogP contribution in [0.5, 0.6) is 0 Å².